The Morgan fingerprint density at radius 3 is 2.29 bits per heavy atom. The summed E-state index contributed by atoms with van der Waals surface area (Å²) in [6.45, 7) is 4.97. The van der Waals surface area contributed by atoms with Crippen molar-refractivity contribution in [3.63, 3.8) is 0 Å². The lowest BCUT2D eigenvalue weighted by molar-refractivity contribution is 0.273. The van der Waals surface area contributed by atoms with Gasteiger partial charge in [-0.05, 0) is 48.7 Å². The van der Waals surface area contributed by atoms with Crippen molar-refractivity contribution in [2.45, 2.75) is 32.7 Å². The third kappa shape index (κ3) is 4.33. The summed E-state index contributed by atoms with van der Waals surface area (Å²) >= 11 is 0. The van der Waals surface area contributed by atoms with Gasteiger partial charge in [0, 0.05) is 0 Å². The summed E-state index contributed by atoms with van der Waals surface area (Å²) in [6.07, 6.45) is 2.11. The lowest BCUT2D eigenvalue weighted by Gasteiger charge is -2.18. The van der Waals surface area contributed by atoms with Gasteiger partial charge in [0.1, 0.15) is 12.4 Å². The summed E-state index contributed by atoms with van der Waals surface area (Å²) in [5.41, 5.74) is 3.94. The molecule has 21 heavy (non-hydrogen) atoms. The largest absolute Gasteiger partial charge is 0.492 e. The second-order valence-corrected chi connectivity index (χ2v) is 5.25. The highest BCUT2D eigenvalue weighted by Crippen LogP contribution is 2.18. The number of nitrogens with one attached hydrogen (secondary N) is 1. The molecule has 0 radical (unpaired) electrons. The van der Waals surface area contributed by atoms with Gasteiger partial charge in [0.05, 0.1) is 6.04 Å². The Morgan fingerprint density at radius 1 is 0.952 bits per heavy atom. The van der Waals surface area contributed by atoms with Crippen LogP contribution in [0, 0.1) is 0 Å². The lowest BCUT2D eigenvalue weighted by atomic mass is 10.0. The van der Waals surface area contributed by atoms with E-state index in [1.54, 1.807) is 0 Å². The van der Waals surface area contributed by atoms with Crippen molar-refractivity contribution in [3.05, 3.63) is 65.2 Å². The van der Waals surface area contributed by atoms with Crippen molar-refractivity contribution >= 4 is 0 Å². The Morgan fingerprint density at radius 2 is 1.67 bits per heavy atom. The molecule has 2 rings (SSSR count). The molecule has 0 bridgehead atoms. The molecule has 0 aliphatic carbocycles. The van der Waals surface area contributed by atoms with Crippen LogP contribution in [-0.2, 0) is 12.8 Å². The number of likely N-dealkylation sites (N-methyl/N-ethyl adjacent to an activating group) is 1. The molecule has 2 nitrogen and oxygen atoms in total. The lowest BCUT2D eigenvalue weighted by Crippen LogP contribution is -2.23. The predicted octanol–water partition coefficient (Wildman–Crippen LogP) is 4.15. The second-order valence-electron chi connectivity index (χ2n) is 5.25. The first kappa shape index (κ1) is 15.6. The molecule has 0 saturated carbocycles. The van der Waals surface area contributed by atoms with E-state index in [1.165, 1.54) is 16.7 Å². The fourth-order valence-electron chi connectivity index (χ4n) is 2.37. The zero-order chi connectivity index (χ0) is 15.1. The third-order valence-electron chi connectivity index (χ3n) is 3.86. The van der Waals surface area contributed by atoms with Crippen LogP contribution >= 0.6 is 0 Å². The van der Waals surface area contributed by atoms with Gasteiger partial charge in [0.25, 0.3) is 0 Å². The number of benzene rings is 2. The molecule has 2 aromatic rings. The second kappa shape index (κ2) is 7.84. The van der Waals surface area contributed by atoms with Crippen molar-refractivity contribution in [1.82, 2.24) is 5.32 Å². The topological polar surface area (TPSA) is 21.3 Å². The van der Waals surface area contributed by atoms with Gasteiger partial charge >= 0.3 is 0 Å². The average Bonchev–Trinajstić information content (AvgIpc) is 2.56. The predicted molar refractivity (Wildman–Crippen MR) is 88.9 cm³/mol. The van der Waals surface area contributed by atoms with E-state index in [-0.39, 0.29) is 6.04 Å². The molecule has 2 heteroatoms. The molecule has 1 N–H and O–H groups in total. The van der Waals surface area contributed by atoms with E-state index in [9.17, 15) is 0 Å². The number of ether oxygens (including phenoxy) is 1. The van der Waals surface area contributed by atoms with E-state index < -0.39 is 0 Å². The van der Waals surface area contributed by atoms with Crippen molar-refractivity contribution in [1.29, 1.82) is 0 Å². The molecule has 1 unspecified atom stereocenters. The highest BCUT2D eigenvalue weighted by molar-refractivity contribution is 5.29. The first-order chi connectivity index (χ1) is 10.3. The quantitative estimate of drug-likeness (QED) is 0.824. The van der Waals surface area contributed by atoms with Crippen LogP contribution in [0.4, 0.5) is 0 Å². The molecule has 2 aromatic carbocycles. The normalized spacial score (nSPS) is 12.1. The molecule has 0 saturated heterocycles. The standard InChI is InChI=1S/C19H25NO/c1-4-15-9-11-17(12-10-15)19(20-3)14-21-18-8-6-7-16(5-2)13-18/h6-13,19-20H,4-5,14H2,1-3H3. The summed E-state index contributed by atoms with van der Waals surface area (Å²) < 4.78 is 5.95. The molecule has 0 heterocycles. The molecule has 0 spiro atoms. The van der Waals surface area contributed by atoms with E-state index >= 15 is 0 Å². The smallest absolute Gasteiger partial charge is 0.119 e. The van der Waals surface area contributed by atoms with Gasteiger partial charge in [-0.25, -0.2) is 0 Å². The number of aryl methyl sites for hydroxylation is 2. The minimum Gasteiger partial charge on any atom is -0.492 e. The van der Waals surface area contributed by atoms with Crippen LogP contribution in [0.2, 0.25) is 0 Å². The fourth-order valence-corrected chi connectivity index (χ4v) is 2.37. The molecule has 0 aromatic heterocycles. The maximum Gasteiger partial charge on any atom is 0.119 e. The monoisotopic (exact) mass is 283 g/mol. The maximum absolute atomic E-state index is 5.95. The minimum absolute atomic E-state index is 0.209. The molecule has 0 amide bonds. The van der Waals surface area contributed by atoms with E-state index in [0.717, 1.165) is 18.6 Å². The SMILES string of the molecule is CCc1ccc(C(COc2cccc(CC)c2)NC)cc1. The van der Waals surface area contributed by atoms with E-state index in [1.807, 2.05) is 13.1 Å². The van der Waals surface area contributed by atoms with Crippen molar-refractivity contribution in [3.8, 4) is 5.75 Å². The first-order valence-electron chi connectivity index (χ1n) is 7.74. The van der Waals surface area contributed by atoms with E-state index in [0.29, 0.717) is 6.61 Å². The Bertz CT molecular complexity index is 548. The highest BCUT2D eigenvalue weighted by Gasteiger charge is 2.10. The zero-order valence-electron chi connectivity index (χ0n) is 13.2. The molecular weight excluding hydrogens is 258 g/mol. The van der Waals surface area contributed by atoms with Gasteiger partial charge in [-0.2, -0.15) is 0 Å². The van der Waals surface area contributed by atoms with Crippen LogP contribution in [0.1, 0.15) is 36.6 Å². The van der Waals surface area contributed by atoms with Gasteiger partial charge in [0.2, 0.25) is 0 Å². The van der Waals surface area contributed by atoms with Crippen molar-refractivity contribution in [2.75, 3.05) is 13.7 Å². The Labute approximate surface area is 128 Å². The first-order valence-corrected chi connectivity index (χ1v) is 7.74. The molecule has 0 aliphatic rings. The zero-order valence-corrected chi connectivity index (χ0v) is 13.2. The summed E-state index contributed by atoms with van der Waals surface area (Å²) in [4.78, 5) is 0. The van der Waals surface area contributed by atoms with Crippen molar-refractivity contribution in [2.24, 2.45) is 0 Å². The van der Waals surface area contributed by atoms with Crippen LogP contribution in [0.3, 0.4) is 0 Å². The highest BCUT2D eigenvalue weighted by atomic mass is 16.5. The molecule has 0 fully saturated rings. The maximum atomic E-state index is 5.95. The average molecular weight is 283 g/mol. The molecule has 1 atom stereocenters. The van der Waals surface area contributed by atoms with Crippen LogP contribution in [0.5, 0.6) is 5.75 Å². The van der Waals surface area contributed by atoms with Crippen LogP contribution < -0.4 is 10.1 Å². The van der Waals surface area contributed by atoms with Crippen LogP contribution in [0.25, 0.3) is 0 Å². The van der Waals surface area contributed by atoms with Crippen LogP contribution in [0.15, 0.2) is 48.5 Å². The summed E-state index contributed by atoms with van der Waals surface area (Å²) in [5, 5.41) is 3.33. The molecule has 112 valence electrons. The Hall–Kier alpha value is -1.80. The Balaban J connectivity index is 2.01. The summed E-state index contributed by atoms with van der Waals surface area (Å²) in [5.74, 6) is 0.944. The number of rotatable bonds is 7. The van der Waals surface area contributed by atoms with E-state index in [4.69, 9.17) is 4.74 Å². The van der Waals surface area contributed by atoms with Gasteiger partial charge in [-0.15, -0.1) is 0 Å². The van der Waals surface area contributed by atoms with Gasteiger partial charge in [0.15, 0.2) is 0 Å². The summed E-state index contributed by atoms with van der Waals surface area (Å²) in [6, 6.07) is 17.3. The Kier molecular flexibility index (Phi) is 5.82. The minimum atomic E-state index is 0.209. The summed E-state index contributed by atoms with van der Waals surface area (Å²) in [7, 11) is 1.98. The molecular formula is C19H25NO. The van der Waals surface area contributed by atoms with Gasteiger partial charge < -0.3 is 10.1 Å². The number of hydrogen-bond donors (Lipinski definition) is 1. The molecule has 0 aliphatic heterocycles. The van der Waals surface area contributed by atoms with Gasteiger partial charge in [-0.1, -0.05) is 50.2 Å². The van der Waals surface area contributed by atoms with Crippen molar-refractivity contribution < 1.29 is 4.74 Å². The van der Waals surface area contributed by atoms with Gasteiger partial charge in [-0.3, -0.25) is 0 Å². The number of hydrogen-bond acceptors (Lipinski definition) is 2. The van der Waals surface area contributed by atoms with E-state index in [2.05, 4.69) is 61.6 Å². The third-order valence-corrected chi connectivity index (χ3v) is 3.86. The van der Waals surface area contributed by atoms with Crippen LogP contribution in [-0.4, -0.2) is 13.7 Å². The fraction of sp³-hybridized carbons (Fsp3) is 0.368.